The maximum absolute atomic E-state index is 13.2. The minimum atomic E-state index is -0.286. The van der Waals surface area contributed by atoms with Crippen molar-refractivity contribution in [2.45, 2.75) is 26.4 Å². The van der Waals surface area contributed by atoms with Crippen molar-refractivity contribution in [2.24, 2.45) is 0 Å². The summed E-state index contributed by atoms with van der Waals surface area (Å²) in [5.74, 6) is 0.711. The zero-order valence-corrected chi connectivity index (χ0v) is 18.8. The van der Waals surface area contributed by atoms with Gasteiger partial charge in [-0.2, -0.15) is 0 Å². The molecule has 0 saturated carbocycles. The van der Waals surface area contributed by atoms with Crippen LogP contribution in [0.1, 0.15) is 23.6 Å². The van der Waals surface area contributed by atoms with Crippen LogP contribution in [0, 0.1) is 0 Å². The first kappa shape index (κ1) is 22.1. The number of aromatic amines is 1. The maximum atomic E-state index is 13.2. The molecule has 0 bridgehead atoms. The number of pyridine rings is 1. The molecule has 0 saturated heterocycles. The zero-order chi connectivity index (χ0) is 23.2. The molecule has 0 aliphatic carbocycles. The molecular weight excluding hydrogens is 414 g/mol. The average molecular weight is 442 g/mol. The summed E-state index contributed by atoms with van der Waals surface area (Å²) in [7, 11) is 1.60. The molecule has 33 heavy (non-hydrogen) atoms. The van der Waals surface area contributed by atoms with Gasteiger partial charge in [-0.15, -0.1) is 0 Å². The van der Waals surface area contributed by atoms with Crippen LogP contribution in [-0.2, 0) is 19.5 Å². The van der Waals surface area contributed by atoms with Crippen molar-refractivity contribution in [1.29, 1.82) is 0 Å². The summed E-state index contributed by atoms with van der Waals surface area (Å²) in [5.41, 5.74) is 3.96. The van der Waals surface area contributed by atoms with Crippen molar-refractivity contribution in [2.75, 3.05) is 12.4 Å². The fraction of sp³-hybridized carbons (Fsp3) is 0.185. The van der Waals surface area contributed by atoms with Gasteiger partial charge in [0, 0.05) is 23.3 Å². The van der Waals surface area contributed by atoms with E-state index in [9.17, 15) is 9.59 Å². The second-order valence-electron chi connectivity index (χ2n) is 7.90. The van der Waals surface area contributed by atoms with Gasteiger partial charge in [-0.3, -0.25) is 4.79 Å². The van der Waals surface area contributed by atoms with Crippen molar-refractivity contribution in [3.05, 3.63) is 106 Å². The number of carbonyl (C=O) groups is 1. The highest BCUT2D eigenvalue weighted by atomic mass is 16.5. The number of H-pyrrole nitrogens is 1. The smallest absolute Gasteiger partial charge is 0.322 e. The van der Waals surface area contributed by atoms with Crippen LogP contribution in [0.2, 0.25) is 0 Å². The third kappa shape index (κ3) is 5.41. The van der Waals surface area contributed by atoms with Gasteiger partial charge in [0.15, 0.2) is 0 Å². The van der Waals surface area contributed by atoms with E-state index in [0.29, 0.717) is 23.5 Å². The molecule has 1 heterocycles. The predicted molar refractivity (Wildman–Crippen MR) is 132 cm³/mol. The van der Waals surface area contributed by atoms with Gasteiger partial charge in [-0.05, 0) is 65.4 Å². The number of hydrogen-bond acceptors (Lipinski definition) is 3. The Morgan fingerprint density at radius 3 is 2.39 bits per heavy atom. The summed E-state index contributed by atoms with van der Waals surface area (Å²) in [6.45, 7) is 2.65. The Labute approximate surface area is 192 Å². The van der Waals surface area contributed by atoms with Crippen molar-refractivity contribution in [3.8, 4) is 5.75 Å². The topological polar surface area (TPSA) is 74.4 Å². The molecule has 0 aliphatic rings. The number of fused-ring (bicyclic) bond motifs is 1. The van der Waals surface area contributed by atoms with Gasteiger partial charge >= 0.3 is 6.03 Å². The number of anilines is 1. The Balaban J connectivity index is 1.63. The van der Waals surface area contributed by atoms with Crippen LogP contribution in [0.4, 0.5) is 10.5 Å². The number of carbonyl (C=O) groups excluding carboxylic acids is 1. The molecule has 4 aromatic rings. The van der Waals surface area contributed by atoms with Gasteiger partial charge in [-0.1, -0.05) is 43.3 Å². The highest BCUT2D eigenvalue weighted by Gasteiger charge is 2.17. The first-order valence-electron chi connectivity index (χ1n) is 10.9. The second-order valence-corrected chi connectivity index (χ2v) is 7.90. The number of benzene rings is 3. The largest absolute Gasteiger partial charge is 0.497 e. The summed E-state index contributed by atoms with van der Waals surface area (Å²) in [6, 6.07) is 24.5. The number of amides is 2. The fourth-order valence-corrected chi connectivity index (χ4v) is 3.72. The number of urea groups is 1. The first-order valence-corrected chi connectivity index (χ1v) is 10.9. The molecule has 0 unspecified atom stereocenters. The molecule has 2 N–H and O–H groups in total. The molecule has 0 spiro atoms. The van der Waals surface area contributed by atoms with E-state index < -0.39 is 0 Å². The third-order valence-electron chi connectivity index (χ3n) is 5.60. The standard InChI is InChI=1S/C27H27N3O3/c1-3-19-9-14-25-21(15-19)16-22(26(31)29-25)18-30(17-20-7-5-4-6-8-20)27(32)28-23-10-12-24(33-2)13-11-23/h4-16H,3,17-18H2,1-2H3,(H,28,32)(H,29,31). The lowest BCUT2D eigenvalue weighted by Gasteiger charge is -2.23. The van der Waals surface area contributed by atoms with Crippen LogP contribution < -0.4 is 15.6 Å². The van der Waals surface area contributed by atoms with E-state index >= 15 is 0 Å². The molecule has 0 atom stereocenters. The summed E-state index contributed by atoms with van der Waals surface area (Å²) < 4.78 is 5.18. The molecule has 2 amide bonds. The van der Waals surface area contributed by atoms with E-state index in [1.165, 1.54) is 5.56 Å². The molecule has 168 valence electrons. The minimum absolute atomic E-state index is 0.179. The van der Waals surface area contributed by atoms with Crippen LogP contribution in [-0.4, -0.2) is 23.0 Å². The maximum Gasteiger partial charge on any atom is 0.322 e. The Morgan fingerprint density at radius 2 is 1.70 bits per heavy atom. The van der Waals surface area contributed by atoms with Crippen molar-refractivity contribution < 1.29 is 9.53 Å². The molecule has 6 heteroatoms. The number of aromatic nitrogens is 1. The van der Waals surface area contributed by atoms with E-state index in [-0.39, 0.29) is 18.1 Å². The third-order valence-corrected chi connectivity index (χ3v) is 5.60. The van der Waals surface area contributed by atoms with E-state index in [4.69, 9.17) is 4.74 Å². The minimum Gasteiger partial charge on any atom is -0.497 e. The van der Waals surface area contributed by atoms with Gasteiger partial charge in [0.25, 0.3) is 5.56 Å². The zero-order valence-electron chi connectivity index (χ0n) is 18.8. The van der Waals surface area contributed by atoms with E-state index in [0.717, 1.165) is 22.9 Å². The number of ether oxygens (including phenoxy) is 1. The molecule has 1 aromatic heterocycles. The number of aryl methyl sites for hydroxylation is 1. The highest BCUT2D eigenvalue weighted by molar-refractivity contribution is 5.89. The average Bonchev–Trinajstić information content (AvgIpc) is 2.84. The Morgan fingerprint density at radius 1 is 0.939 bits per heavy atom. The highest BCUT2D eigenvalue weighted by Crippen LogP contribution is 2.18. The molecule has 0 fully saturated rings. The number of nitrogens with zero attached hydrogens (tertiary/aromatic N) is 1. The van der Waals surface area contributed by atoms with Crippen LogP contribution >= 0.6 is 0 Å². The lowest BCUT2D eigenvalue weighted by molar-refractivity contribution is 0.206. The van der Waals surface area contributed by atoms with Crippen molar-refractivity contribution >= 4 is 22.6 Å². The van der Waals surface area contributed by atoms with E-state index in [1.54, 1.807) is 36.3 Å². The summed E-state index contributed by atoms with van der Waals surface area (Å²) >= 11 is 0. The normalized spacial score (nSPS) is 10.7. The molecule has 4 rings (SSSR count). The lowest BCUT2D eigenvalue weighted by atomic mass is 10.1. The molecule has 6 nitrogen and oxygen atoms in total. The monoisotopic (exact) mass is 441 g/mol. The fourth-order valence-electron chi connectivity index (χ4n) is 3.72. The quantitative estimate of drug-likeness (QED) is 0.407. The van der Waals surface area contributed by atoms with Crippen LogP contribution in [0.15, 0.2) is 83.7 Å². The van der Waals surface area contributed by atoms with Crippen molar-refractivity contribution in [3.63, 3.8) is 0 Å². The van der Waals surface area contributed by atoms with Gasteiger partial charge in [0.2, 0.25) is 0 Å². The van der Waals surface area contributed by atoms with Gasteiger partial charge in [-0.25, -0.2) is 4.79 Å². The molecule has 0 radical (unpaired) electrons. The van der Waals surface area contributed by atoms with Gasteiger partial charge < -0.3 is 19.9 Å². The summed E-state index contributed by atoms with van der Waals surface area (Å²) in [4.78, 5) is 30.6. The first-order chi connectivity index (χ1) is 16.1. The van der Waals surface area contributed by atoms with Crippen LogP contribution in [0.3, 0.4) is 0 Å². The Hall–Kier alpha value is -4.06. The van der Waals surface area contributed by atoms with Crippen molar-refractivity contribution in [1.82, 2.24) is 9.88 Å². The van der Waals surface area contributed by atoms with Crippen LogP contribution in [0.5, 0.6) is 5.75 Å². The molecular formula is C27H27N3O3. The molecule has 0 aliphatic heterocycles. The predicted octanol–water partition coefficient (Wildman–Crippen LogP) is 5.33. The van der Waals surface area contributed by atoms with Crippen LogP contribution in [0.25, 0.3) is 10.9 Å². The summed E-state index contributed by atoms with van der Waals surface area (Å²) in [6.07, 6.45) is 0.912. The second kappa shape index (κ2) is 10.0. The van der Waals surface area contributed by atoms with E-state index in [1.807, 2.05) is 48.5 Å². The van der Waals surface area contributed by atoms with Gasteiger partial charge in [0.1, 0.15) is 5.75 Å². The van der Waals surface area contributed by atoms with E-state index in [2.05, 4.69) is 23.3 Å². The lowest BCUT2D eigenvalue weighted by Crippen LogP contribution is -2.35. The Bertz CT molecular complexity index is 1300. The Kier molecular flexibility index (Phi) is 6.74. The van der Waals surface area contributed by atoms with Gasteiger partial charge in [0.05, 0.1) is 13.7 Å². The summed E-state index contributed by atoms with van der Waals surface area (Å²) in [5, 5.41) is 3.89. The molecule has 3 aromatic carbocycles. The number of methoxy groups -OCH3 is 1. The number of nitrogens with one attached hydrogen (secondary N) is 2. The SMILES string of the molecule is CCc1ccc2[nH]c(=O)c(CN(Cc3ccccc3)C(=O)Nc3ccc(OC)cc3)cc2c1. The number of rotatable bonds is 7. The number of hydrogen-bond donors (Lipinski definition) is 2.